The highest BCUT2D eigenvalue weighted by Gasteiger charge is 2.27. The summed E-state index contributed by atoms with van der Waals surface area (Å²) >= 11 is 0. The Morgan fingerprint density at radius 3 is 0.895 bits per heavy atom. The molecule has 0 rings (SSSR count). The van der Waals surface area contributed by atoms with Crippen LogP contribution in [-0.2, 0) is 32.7 Å². The minimum absolute atomic E-state index is 0.0300. The number of likely N-dealkylation sites (N-methyl/N-ethyl adjacent to an activating group) is 1. The van der Waals surface area contributed by atoms with Gasteiger partial charge in [-0.25, -0.2) is 4.57 Å². The van der Waals surface area contributed by atoms with Crippen LogP contribution in [0.25, 0.3) is 0 Å². The number of carbonyl (C=O) groups excluding carboxylic acids is 2. The predicted molar refractivity (Wildman–Crippen MR) is 413 cm³/mol. The maximum Gasteiger partial charge on any atom is 0.472 e. The molecule has 0 saturated carbocycles. The average molecular weight is 1350 g/mol. The van der Waals surface area contributed by atoms with Crippen LogP contribution >= 0.6 is 7.82 Å². The number of phosphoric ester groups is 1. The van der Waals surface area contributed by atoms with Crippen molar-refractivity contribution in [3.05, 3.63) is 85.1 Å². The Hall–Kier alpha value is -2.81. The van der Waals surface area contributed by atoms with Gasteiger partial charge in [0.25, 0.3) is 0 Å². The van der Waals surface area contributed by atoms with Gasteiger partial charge in [0, 0.05) is 12.8 Å². The number of phosphoric acid groups is 1. The topological polar surface area (TPSA) is 108 Å². The minimum atomic E-state index is -4.40. The Bertz CT molecular complexity index is 1880. The van der Waals surface area contributed by atoms with Crippen LogP contribution in [-0.4, -0.2) is 74.9 Å². The summed E-state index contributed by atoms with van der Waals surface area (Å²) in [7, 11) is 1.48. The zero-order valence-corrected chi connectivity index (χ0v) is 64.3. The Kier molecular flexibility index (Phi) is 73.2. The summed E-state index contributed by atoms with van der Waals surface area (Å²) in [6, 6.07) is 0. The number of rotatable bonds is 76. The summed E-state index contributed by atoms with van der Waals surface area (Å²) in [6.07, 6.45) is 105. The van der Waals surface area contributed by atoms with Crippen molar-refractivity contribution < 1.29 is 42.1 Å². The highest BCUT2D eigenvalue weighted by Crippen LogP contribution is 2.43. The fourth-order valence-corrected chi connectivity index (χ4v) is 12.7. The number of hydrogen-bond acceptors (Lipinski definition) is 7. The molecule has 0 bridgehead atoms. The number of quaternary nitrogens is 1. The number of esters is 2. The van der Waals surface area contributed by atoms with Crippen molar-refractivity contribution in [1.29, 1.82) is 0 Å². The predicted octanol–water partition coefficient (Wildman–Crippen LogP) is 27.2. The molecule has 0 aliphatic rings. The first kappa shape index (κ1) is 92.2. The van der Waals surface area contributed by atoms with Gasteiger partial charge in [-0.3, -0.25) is 18.6 Å². The standard InChI is InChI=1S/C85H156NO8P/c1-6-8-10-12-14-16-18-20-22-24-26-28-30-32-34-36-38-40-41-42-43-44-46-47-49-51-53-55-57-59-61-63-65-67-69-71-73-75-77-84(87)91-81-83(82-93-95(89,90)92-80-79-86(3,4)5)94-85(88)78-76-74-72-70-68-66-64-62-60-58-56-54-52-50-48-45-39-37-35-33-31-29-27-25-23-21-19-17-15-13-11-9-7-2/h9,11,15,17,21,23,27,29,33,35,39,45,50,52,83H,6-8,10,12-14,16,18-20,22,24-26,28,30-32,34,36-38,40-44,46-49,51,53-82H2,1-5H3/p+1/b11-9-,17-15-,23-21-,29-27-,35-33-,45-39-,52-50-. The van der Waals surface area contributed by atoms with E-state index in [1.165, 1.54) is 270 Å². The van der Waals surface area contributed by atoms with Crippen LogP contribution in [0, 0.1) is 0 Å². The largest absolute Gasteiger partial charge is 0.472 e. The third-order valence-electron chi connectivity index (χ3n) is 18.2. The fraction of sp³-hybridized carbons (Fsp3) is 0.812. The number of carbonyl (C=O) groups is 2. The van der Waals surface area contributed by atoms with Crippen LogP contribution in [0.2, 0.25) is 0 Å². The molecule has 0 radical (unpaired) electrons. The molecule has 0 aromatic rings. The number of allylic oxidation sites excluding steroid dienone is 14. The van der Waals surface area contributed by atoms with Gasteiger partial charge in [-0.1, -0.05) is 394 Å². The van der Waals surface area contributed by atoms with Crippen LogP contribution in [0.15, 0.2) is 85.1 Å². The SMILES string of the molecule is CC/C=C\C/C=C\C/C=C\C/C=C\C/C=C\C/C=C\C/C=C\CCCCCCCCCCCCCC(=O)OC(COC(=O)CCCCCCCCCCCCCCCCCCCCCCCCCCCCCCCCCCCCCCCC)COP(=O)(O)OCC[N+](C)(C)C. The number of hydrogen-bond donors (Lipinski definition) is 1. The van der Waals surface area contributed by atoms with Gasteiger partial charge < -0.3 is 18.9 Å². The Labute approximate surface area is 590 Å². The highest BCUT2D eigenvalue weighted by molar-refractivity contribution is 7.47. The Morgan fingerprint density at radius 2 is 0.600 bits per heavy atom. The Balaban J connectivity index is 3.94. The van der Waals surface area contributed by atoms with E-state index in [2.05, 4.69) is 98.9 Å². The summed E-state index contributed by atoms with van der Waals surface area (Å²) in [5.41, 5.74) is 0. The first-order chi connectivity index (χ1) is 46.5. The first-order valence-corrected chi connectivity index (χ1v) is 42.3. The molecule has 0 saturated heterocycles. The second kappa shape index (κ2) is 75.4. The van der Waals surface area contributed by atoms with Gasteiger partial charge in [-0.15, -0.1) is 0 Å². The third-order valence-corrected chi connectivity index (χ3v) is 19.2. The minimum Gasteiger partial charge on any atom is -0.462 e. The molecule has 2 unspecified atom stereocenters. The van der Waals surface area contributed by atoms with Crippen LogP contribution < -0.4 is 0 Å². The molecule has 554 valence electrons. The number of ether oxygens (including phenoxy) is 2. The van der Waals surface area contributed by atoms with Crippen LogP contribution in [0.4, 0.5) is 0 Å². The normalized spacial score (nSPS) is 13.5. The van der Waals surface area contributed by atoms with Gasteiger partial charge in [0.1, 0.15) is 19.8 Å². The molecule has 0 aliphatic heterocycles. The lowest BCUT2D eigenvalue weighted by Crippen LogP contribution is -2.37. The zero-order valence-electron chi connectivity index (χ0n) is 63.4. The van der Waals surface area contributed by atoms with Gasteiger partial charge in [-0.05, 0) is 70.6 Å². The summed E-state index contributed by atoms with van der Waals surface area (Å²) in [5.74, 6) is -0.786. The fourth-order valence-electron chi connectivity index (χ4n) is 12.0. The summed E-state index contributed by atoms with van der Waals surface area (Å²) in [4.78, 5) is 36.0. The first-order valence-electron chi connectivity index (χ1n) is 40.8. The van der Waals surface area contributed by atoms with Gasteiger partial charge in [0.2, 0.25) is 0 Å². The molecular weight excluding hydrogens is 1190 g/mol. The van der Waals surface area contributed by atoms with Crippen LogP contribution in [0.1, 0.15) is 393 Å². The summed E-state index contributed by atoms with van der Waals surface area (Å²) in [6.45, 7) is 4.37. The lowest BCUT2D eigenvalue weighted by molar-refractivity contribution is -0.870. The van der Waals surface area contributed by atoms with Crippen molar-refractivity contribution in [1.82, 2.24) is 0 Å². The molecule has 2 atom stereocenters. The van der Waals surface area contributed by atoms with E-state index >= 15 is 0 Å². The molecule has 0 aliphatic carbocycles. The summed E-state index contributed by atoms with van der Waals surface area (Å²) < 4.78 is 34.8. The van der Waals surface area contributed by atoms with Crippen molar-refractivity contribution in [3.8, 4) is 0 Å². The monoisotopic (exact) mass is 1350 g/mol. The molecule has 95 heavy (non-hydrogen) atoms. The van der Waals surface area contributed by atoms with E-state index in [0.29, 0.717) is 23.9 Å². The van der Waals surface area contributed by atoms with Crippen LogP contribution in [0.5, 0.6) is 0 Å². The van der Waals surface area contributed by atoms with Crippen molar-refractivity contribution in [2.75, 3.05) is 47.5 Å². The van der Waals surface area contributed by atoms with E-state index in [0.717, 1.165) is 89.9 Å². The lowest BCUT2D eigenvalue weighted by Gasteiger charge is -2.24. The lowest BCUT2D eigenvalue weighted by atomic mass is 10.0. The molecule has 0 spiro atoms. The van der Waals surface area contributed by atoms with Gasteiger partial charge >= 0.3 is 19.8 Å². The van der Waals surface area contributed by atoms with E-state index < -0.39 is 26.5 Å². The van der Waals surface area contributed by atoms with Crippen molar-refractivity contribution >= 4 is 19.8 Å². The smallest absolute Gasteiger partial charge is 0.462 e. The number of nitrogens with zero attached hydrogens (tertiary/aromatic N) is 1. The van der Waals surface area contributed by atoms with E-state index in [9.17, 15) is 19.0 Å². The maximum atomic E-state index is 12.9. The van der Waals surface area contributed by atoms with Gasteiger partial charge in [0.15, 0.2) is 6.10 Å². The molecular formula is C85H157NO8P+. The quantitative estimate of drug-likeness (QED) is 0.0211. The molecule has 1 N–H and O–H groups in total. The third kappa shape index (κ3) is 80.1. The van der Waals surface area contributed by atoms with E-state index in [1.807, 2.05) is 21.1 Å². The average Bonchev–Trinajstić information content (AvgIpc) is 1.80. The van der Waals surface area contributed by atoms with Crippen molar-refractivity contribution in [3.63, 3.8) is 0 Å². The number of unbranched alkanes of at least 4 members (excludes halogenated alkanes) is 48. The second-order valence-corrected chi connectivity index (χ2v) is 30.2. The van der Waals surface area contributed by atoms with E-state index in [4.69, 9.17) is 18.5 Å². The molecule has 9 nitrogen and oxygen atoms in total. The van der Waals surface area contributed by atoms with Gasteiger partial charge in [0.05, 0.1) is 27.7 Å². The van der Waals surface area contributed by atoms with Crippen molar-refractivity contribution in [2.45, 2.75) is 399 Å². The van der Waals surface area contributed by atoms with Crippen LogP contribution in [0.3, 0.4) is 0 Å². The van der Waals surface area contributed by atoms with E-state index in [1.54, 1.807) is 0 Å². The van der Waals surface area contributed by atoms with Crippen molar-refractivity contribution in [2.24, 2.45) is 0 Å². The molecule has 0 aromatic carbocycles. The molecule has 0 amide bonds. The highest BCUT2D eigenvalue weighted by atomic mass is 31.2. The Morgan fingerprint density at radius 1 is 0.337 bits per heavy atom. The zero-order chi connectivity index (χ0) is 69.0. The second-order valence-electron chi connectivity index (χ2n) is 28.8. The molecule has 10 heteroatoms. The maximum absolute atomic E-state index is 12.9. The van der Waals surface area contributed by atoms with E-state index in [-0.39, 0.29) is 25.6 Å². The van der Waals surface area contributed by atoms with Gasteiger partial charge in [-0.2, -0.15) is 0 Å². The molecule has 0 fully saturated rings. The molecule has 0 heterocycles. The summed E-state index contributed by atoms with van der Waals surface area (Å²) in [5, 5.41) is 0. The molecule has 0 aromatic heterocycles.